The van der Waals surface area contributed by atoms with Crippen molar-refractivity contribution in [1.82, 2.24) is 15.1 Å². The minimum Gasteiger partial charge on any atom is -0.314 e. The molecule has 19 heavy (non-hydrogen) atoms. The van der Waals surface area contributed by atoms with Crippen LogP contribution in [0.1, 0.15) is 24.7 Å². The van der Waals surface area contributed by atoms with Crippen molar-refractivity contribution < 1.29 is 8.42 Å². The fourth-order valence-electron chi connectivity index (χ4n) is 2.89. The van der Waals surface area contributed by atoms with E-state index in [1.165, 1.54) is 0 Å². The molecule has 108 valence electrons. The van der Waals surface area contributed by atoms with Crippen molar-refractivity contribution in [2.75, 3.05) is 18.1 Å². The van der Waals surface area contributed by atoms with Crippen molar-refractivity contribution in [1.29, 1.82) is 0 Å². The van der Waals surface area contributed by atoms with Crippen LogP contribution in [0.15, 0.2) is 6.07 Å². The SMILES string of the molecule is CCNC(Cc1cc(C)nn1C)C1CCS(=O)(=O)C1. The van der Waals surface area contributed by atoms with E-state index in [1.807, 2.05) is 18.7 Å². The van der Waals surface area contributed by atoms with Crippen molar-refractivity contribution in [2.45, 2.75) is 32.7 Å². The molecule has 1 aromatic heterocycles. The molecular formula is C13H23N3O2S. The smallest absolute Gasteiger partial charge is 0.150 e. The van der Waals surface area contributed by atoms with Crippen LogP contribution in [-0.2, 0) is 23.3 Å². The fraction of sp³-hybridized carbons (Fsp3) is 0.769. The Hall–Kier alpha value is -0.880. The standard InChI is InChI=1S/C13H23N3O2S/c1-4-14-13(11-5-6-19(17,18)9-11)8-12-7-10(2)15-16(12)3/h7,11,13-14H,4-6,8-9H2,1-3H3. The van der Waals surface area contributed by atoms with Gasteiger partial charge in [-0.25, -0.2) is 8.42 Å². The number of sulfone groups is 1. The first-order valence-electron chi connectivity index (χ1n) is 6.84. The van der Waals surface area contributed by atoms with Crippen LogP contribution in [0.2, 0.25) is 0 Å². The van der Waals surface area contributed by atoms with E-state index in [9.17, 15) is 8.42 Å². The summed E-state index contributed by atoms with van der Waals surface area (Å²) in [7, 11) is -0.877. The average Bonchev–Trinajstić information content (AvgIpc) is 2.81. The molecule has 0 aliphatic carbocycles. The lowest BCUT2D eigenvalue weighted by atomic mass is 9.95. The van der Waals surface area contributed by atoms with Gasteiger partial charge in [-0.15, -0.1) is 0 Å². The number of nitrogens with one attached hydrogen (secondary N) is 1. The first kappa shape index (κ1) is 14.5. The molecule has 0 radical (unpaired) electrons. The van der Waals surface area contributed by atoms with Gasteiger partial charge in [-0.05, 0) is 31.9 Å². The molecule has 2 unspecified atom stereocenters. The molecule has 2 rings (SSSR count). The third kappa shape index (κ3) is 3.57. The molecule has 2 atom stereocenters. The number of aromatic nitrogens is 2. The van der Waals surface area contributed by atoms with E-state index >= 15 is 0 Å². The molecular weight excluding hydrogens is 262 g/mol. The van der Waals surface area contributed by atoms with E-state index in [0.29, 0.717) is 11.5 Å². The molecule has 5 nitrogen and oxygen atoms in total. The largest absolute Gasteiger partial charge is 0.314 e. The van der Waals surface area contributed by atoms with Crippen molar-refractivity contribution >= 4 is 9.84 Å². The minimum absolute atomic E-state index is 0.220. The molecule has 2 heterocycles. The average molecular weight is 285 g/mol. The van der Waals surface area contributed by atoms with Crippen molar-refractivity contribution in [2.24, 2.45) is 13.0 Å². The van der Waals surface area contributed by atoms with Crippen molar-refractivity contribution in [3.8, 4) is 0 Å². The Morgan fingerprint density at radius 2 is 2.32 bits per heavy atom. The Morgan fingerprint density at radius 3 is 2.79 bits per heavy atom. The van der Waals surface area contributed by atoms with Crippen LogP contribution in [-0.4, -0.2) is 42.3 Å². The van der Waals surface area contributed by atoms with Gasteiger partial charge in [0.15, 0.2) is 9.84 Å². The van der Waals surface area contributed by atoms with E-state index in [-0.39, 0.29) is 12.0 Å². The van der Waals surface area contributed by atoms with Gasteiger partial charge in [0.1, 0.15) is 0 Å². The summed E-state index contributed by atoms with van der Waals surface area (Å²) < 4.78 is 25.1. The van der Waals surface area contributed by atoms with Gasteiger partial charge in [-0.1, -0.05) is 6.92 Å². The number of rotatable bonds is 5. The zero-order valence-electron chi connectivity index (χ0n) is 11.9. The lowest BCUT2D eigenvalue weighted by Crippen LogP contribution is -2.39. The van der Waals surface area contributed by atoms with Gasteiger partial charge in [0.05, 0.1) is 17.2 Å². The second-order valence-corrected chi connectivity index (χ2v) is 7.66. The summed E-state index contributed by atoms with van der Waals surface area (Å²) >= 11 is 0. The van der Waals surface area contributed by atoms with E-state index in [2.05, 4.69) is 23.4 Å². The lowest BCUT2D eigenvalue weighted by molar-refractivity contribution is 0.379. The normalized spacial score (nSPS) is 23.6. The number of aryl methyl sites for hydroxylation is 2. The molecule has 1 aliphatic heterocycles. The Morgan fingerprint density at radius 1 is 1.58 bits per heavy atom. The molecule has 1 aromatic rings. The van der Waals surface area contributed by atoms with Gasteiger partial charge >= 0.3 is 0 Å². The van der Waals surface area contributed by atoms with Gasteiger partial charge < -0.3 is 5.32 Å². The predicted octanol–water partition coefficient (Wildman–Crippen LogP) is 0.684. The second kappa shape index (κ2) is 5.63. The van der Waals surface area contributed by atoms with Crippen molar-refractivity contribution in [3.05, 3.63) is 17.5 Å². The zero-order chi connectivity index (χ0) is 14.0. The number of hydrogen-bond acceptors (Lipinski definition) is 4. The first-order valence-corrected chi connectivity index (χ1v) is 8.66. The summed E-state index contributed by atoms with van der Waals surface area (Å²) in [5.74, 6) is 0.881. The van der Waals surface area contributed by atoms with E-state index in [0.717, 1.165) is 30.8 Å². The molecule has 0 saturated carbocycles. The van der Waals surface area contributed by atoms with Crippen LogP contribution < -0.4 is 5.32 Å². The molecule has 1 N–H and O–H groups in total. The quantitative estimate of drug-likeness (QED) is 0.864. The monoisotopic (exact) mass is 285 g/mol. The Balaban J connectivity index is 2.10. The molecule has 1 saturated heterocycles. The highest BCUT2D eigenvalue weighted by Gasteiger charge is 2.33. The third-order valence-electron chi connectivity index (χ3n) is 3.83. The molecule has 0 amide bonds. The molecule has 6 heteroatoms. The van der Waals surface area contributed by atoms with Gasteiger partial charge in [0.25, 0.3) is 0 Å². The Kier molecular flexibility index (Phi) is 4.30. The summed E-state index contributed by atoms with van der Waals surface area (Å²) in [4.78, 5) is 0. The summed E-state index contributed by atoms with van der Waals surface area (Å²) in [6.45, 7) is 4.90. The molecule has 0 bridgehead atoms. The van der Waals surface area contributed by atoms with Crippen LogP contribution >= 0.6 is 0 Å². The third-order valence-corrected chi connectivity index (χ3v) is 5.62. The summed E-state index contributed by atoms with van der Waals surface area (Å²) in [5, 5.41) is 7.79. The topological polar surface area (TPSA) is 64.0 Å². The van der Waals surface area contributed by atoms with Crippen molar-refractivity contribution in [3.63, 3.8) is 0 Å². The Labute approximate surface area is 115 Å². The minimum atomic E-state index is -2.82. The van der Waals surface area contributed by atoms with E-state index in [4.69, 9.17) is 0 Å². The highest BCUT2D eigenvalue weighted by molar-refractivity contribution is 7.91. The molecule has 0 spiro atoms. The number of likely N-dealkylation sites (N-methyl/N-ethyl adjacent to an activating group) is 1. The van der Waals surface area contributed by atoms with Gasteiger partial charge in [0.2, 0.25) is 0 Å². The molecule has 0 aromatic carbocycles. The maximum atomic E-state index is 11.6. The number of nitrogens with zero attached hydrogens (tertiary/aromatic N) is 2. The Bertz CT molecular complexity index is 536. The number of hydrogen-bond donors (Lipinski definition) is 1. The molecule has 1 aliphatic rings. The van der Waals surface area contributed by atoms with Crippen LogP contribution in [0.3, 0.4) is 0 Å². The summed E-state index contributed by atoms with van der Waals surface area (Å²) in [6, 6.07) is 2.30. The van der Waals surface area contributed by atoms with Crippen LogP contribution in [0.4, 0.5) is 0 Å². The summed E-state index contributed by atoms with van der Waals surface area (Å²) in [5.41, 5.74) is 2.17. The van der Waals surface area contributed by atoms with Gasteiger partial charge in [0, 0.05) is 25.2 Å². The maximum Gasteiger partial charge on any atom is 0.150 e. The predicted molar refractivity (Wildman–Crippen MR) is 75.9 cm³/mol. The van der Waals surface area contributed by atoms with Gasteiger partial charge in [-0.2, -0.15) is 5.10 Å². The van der Waals surface area contributed by atoms with E-state index < -0.39 is 9.84 Å². The zero-order valence-corrected chi connectivity index (χ0v) is 12.7. The van der Waals surface area contributed by atoms with Crippen LogP contribution in [0.25, 0.3) is 0 Å². The highest BCUT2D eigenvalue weighted by atomic mass is 32.2. The fourth-order valence-corrected chi connectivity index (χ4v) is 4.77. The first-order chi connectivity index (χ1) is 8.91. The van der Waals surface area contributed by atoms with Crippen LogP contribution in [0.5, 0.6) is 0 Å². The van der Waals surface area contributed by atoms with E-state index in [1.54, 1.807) is 0 Å². The second-order valence-electron chi connectivity index (χ2n) is 5.43. The van der Waals surface area contributed by atoms with Gasteiger partial charge in [-0.3, -0.25) is 4.68 Å². The highest BCUT2D eigenvalue weighted by Crippen LogP contribution is 2.24. The van der Waals surface area contributed by atoms with Crippen LogP contribution in [0, 0.1) is 12.8 Å². The summed E-state index contributed by atoms with van der Waals surface area (Å²) in [6.07, 6.45) is 1.61. The molecule has 1 fully saturated rings. The lowest BCUT2D eigenvalue weighted by Gasteiger charge is -2.23. The maximum absolute atomic E-state index is 11.6.